The number of anilines is 1. The van der Waals surface area contributed by atoms with E-state index in [4.69, 9.17) is 13.9 Å². The molecule has 1 aliphatic rings. The van der Waals surface area contributed by atoms with Crippen molar-refractivity contribution in [2.24, 2.45) is 0 Å². The zero-order valence-corrected chi connectivity index (χ0v) is 19.1. The average molecular weight is 459 g/mol. The molecule has 1 fully saturated rings. The lowest BCUT2D eigenvalue weighted by atomic mass is 10.1. The van der Waals surface area contributed by atoms with Gasteiger partial charge in [-0.1, -0.05) is 6.42 Å². The molecule has 2 heterocycles. The van der Waals surface area contributed by atoms with E-state index in [9.17, 15) is 13.2 Å². The Kier molecular flexibility index (Phi) is 6.12. The first kappa shape index (κ1) is 22.2. The molecule has 0 saturated carbocycles. The highest BCUT2D eigenvalue weighted by atomic mass is 32.2. The van der Waals surface area contributed by atoms with Crippen LogP contribution in [0.1, 0.15) is 35.4 Å². The highest BCUT2D eigenvalue weighted by Gasteiger charge is 2.29. The maximum absolute atomic E-state index is 13.2. The lowest BCUT2D eigenvalue weighted by Gasteiger charge is -2.26. The maximum Gasteiger partial charge on any atom is 0.259 e. The Morgan fingerprint density at radius 1 is 1.03 bits per heavy atom. The highest BCUT2D eigenvalue weighted by molar-refractivity contribution is 7.89. The topological polar surface area (TPSA) is 98.1 Å². The van der Waals surface area contributed by atoms with Crippen molar-refractivity contribution in [2.45, 2.75) is 31.1 Å². The number of methoxy groups -OCH3 is 2. The first-order valence-corrected chi connectivity index (χ1v) is 11.9. The number of sulfonamides is 1. The van der Waals surface area contributed by atoms with E-state index >= 15 is 0 Å². The molecule has 0 bridgehead atoms. The third-order valence-corrected chi connectivity index (χ3v) is 7.57. The van der Waals surface area contributed by atoms with Crippen LogP contribution in [0.25, 0.3) is 11.0 Å². The fourth-order valence-corrected chi connectivity index (χ4v) is 5.70. The average Bonchev–Trinajstić information content (AvgIpc) is 3.14. The molecule has 170 valence electrons. The number of hydrogen-bond acceptors (Lipinski definition) is 6. The molecular weight excluding hydrogens is 432 g/mol. The summed E-state index contributed by atoms with van der Waals surface area (Å²) in [6.07, 6.45) is 2.67. The van der Waals surface area contributed by atoms with Gasteiger partial charge in [-0.05, 0) is 56.2 Å². The fourth-order valence-electron chi connectivity index (χ4n) is 4.00. The Morgan fingerprint density at radius 2 is 1.78 bits per heavy atom. The largest absolute Gasteiger partial charge is 0.497 e. The second-order valence-corrected chi connectivity index (χ2v) is 9.59. The molecule has 2 aromatic carbocycles. The Labute approximate surface area is 187 Å². The molecular formula is C23H26N2O6S. The normalized spacial score (nSPS) is 15.0. The minimum atomic E-state index is -3.75. The molecule has 8 nitrogen and oxygen atoms in total. The van der Waals surface area contributed by atoms with Crippen LogP contribution < -0.4 is 14.8 Å². The van der Waals surface area contributed by atoms with Crippen molar-refractivity contribution in [3.63, 3.8) is 0 Å². The van der Waals surface area contributed by atoms with Gasteiger partial charge < -0.3 is 19.2 Å². The quantitative estimate of drug-likeness (QED) is 0.595. The van der Waals surface area contributed by atoms with E-state index in [-0.39, 0.29) is 10.6 Å². The summed E-state index contributed by atoms with van der Waals surface area (Å²) in [4.78, 5) is 13.2. The Bertz CT molecular complexity index is 1260. The SMILES string of the molecule is COc1ccc2oc(C)c(C(=O)Nc3ccc(OC)c(S(=O)(=O)N4CCCCC4)c3)c2c1. The van der Waals surface area contributed by atoms with Crippen LogP contribution >= 0.6 is 0 Å². The number of furan rings is 1. The molecule has 9 heteroatoms. The minimum absolute atomic E-state index is 0.0372. The standard InChI is InChI=1S/C23H26N2O6S/c1-15-22(18-14-17(29-2)8-10-19(18)31-15)23(26)24-16-7-9-20(30-3)21(13-16)32(27,28)25-11-5-4-6-12-25/h7-10,13-14H,4-6,11-12H2,1-3H3,(H,24,26). The molecule has 0 aliphatic carbocycles. The number of ether oxygens (including phenoxy) is 2. The van der Waals surface area contributed by atoms with E-state index in [0.717, 1.165) is 19.3 Å². The Morgan fingerprint density at radius 3 is 2.47 bits per heavy atom. The van der Waals surface area contributed by atoms with Gasteiger partial charge >= 0.3 is 0 Å². The van der Waals surface area contributed by atoms with Crippen LogP contribution in [0.2, 0.25) is 0 Å². The number of carbonyl (C=O) groups excluding carboxylic acids is 1. The number of piperidine rings is 1. The van der Waals surface area contributed by atoms with E-state index in [0.29, 0.717) is 46.8 Å². The van der Waals surface area contributed by atoms with Crippen molar-refractivity contribution in [2.75, 3.05) is 32.6 Å². The van der Waals surface area contributed by atoms with Crippen LogP contribution in [0.15, 0.2) is 45.7 Å². The second kappa shape index (κ2) is 8.84. The number of hydrogen-bond donors (Lipinski definition) is 1. The molecule has 1 aromatic heterocycles. The van der Waals surface area contributed by atoms with Crippen molar-refractivity contribution < 1.29 is 27.1 Å². The molecule has 32 heavy (non-hydrogen) atoms. The van der Waals surface area contributed by atoms with Gasteiger partial charge in [0.15, 0.2) is 0 Å². The first-order valence-electron chi connectivity index (χ1n) is 10.4. The lowest BCUT2D eigenvalue weighted by molar-refractivity contribution is 0.102. The monoisotopic (exact) mass is 458 g/mol. The summed E-state index contributed by atoms with van der Waals surface area (Å²) in [5.74, 6) is 0.899. The number of benzene rings is 2. The number of nitrogens with one attached hydrogen (secondary N) is 1. The highest BCUT2D eigenvalue weighted by Crippen LogP contribution is 2.33. The van der Waals surface area contributed by atoms with E-state index in [1.807, 2.05) is 0 Å². The predicted molar refractivity (Wildman–Crippen MR) is 121 cm³/mol. The number of fused-ring (bicyclic) bond motifs is 1. The number of rotatable bonds is 6. The summed E-state index contributed by atoms with van der Waals surface area (Å²) >= 11 is 0. The predicted octanol–water partition coefficient (Wildman–Crippen LogP) is 4.19. The summed E-state index contributed by atoms with van der Waals surface area (Å²) in [6, 6.07) is 9.85. The smallest absolute Gasteiger partial charge is 0.259 e. The van der Waals surface area contributed by atoms with Crippen molar-refractivity contribution in [3.8, 4) is 11.5 Å². The van der Waals surface area contributed by atoms with Gasteiger partial charge in [0.2, 0.25) is 10.0 Å². The summed E-state index contributed by atoms with van der Waals surface area (Å²) in [5.41, 5.74) is 1.29. The molecule has 0 spiro atoms. The fraction of sp³-hybridized carbons (Fsp3) is 0.348. The summed E-state index contributed by atoms with van der Waals surface area (Å²) in [5, 5.41) is 3.42. The Hall–Kier alpha value is -3.04. The number of nitrogens with zero attached hydrogens (tertiary/aromatic N) is 1. The molecule has 0 radical (unpaired) electrons. The van der Waals surface area contributed by atoms with Crippen LogP contribution in [0.5, 0.6) is 11.5 Å². The van der Waals surface area contributed by atoms with Gasteiger partial charge in [0.1, 0.15) is 27.7 Å². The second-order valence-electron chi connectivity index (χ2n) is 7.68. The van der Waals surface area contributed by atoms with E-state index in [2.05, 4.69) is 5.32 Å². The number of aryl methyl sites for hydroxylation is 1. The van der Waals surface area contributed by atoms with Gasteiger partial charge in [0.25, 0.3) is 5.91 Å². The van der Waals surface area contributed by atoms with Gasteiger partial charge in [-0.3, -0.25) is 4.79 Å². The zero-order chi connectivity index (χ0) is 22.9. The van der Waals surface area contributed by atoms with Crippen molar-refractivity contribution in [1.29, 1.82) is 0 Å². The molecule has 0 unspecified atom stereocenters. The van der Waals surface area contributed by atoms with Gasteiger partial charge in [-0.15, -0.1) is 0 Å². The van der Waals surface area contributed by atoms with Crippen molar-refractivity contribution in [1.82, 2.24) is 4.31 Å². The first-order chi connectivity index (χ1) is 15.3. The van der Waals surface area contributed by atoms with Gasteiger partial charge in [0, 0.05) is 24.2 Å². The van der Waals surface area contributed by atoms with Gasteiger partial charge in [0.05, 0.1) is 19.8 Å². The summed E-state index contributed by atoms with van der Waals surface area (Å²) in [7, 11) is -0.768. The molecule has 1 N–H and O–H groups in total. The molecule has 4 rings (SSSR count). The number of amides is 1. The van der Waals surface area contributed by atoms with Crippen molar-refractivity contribution in [3.05, 3.63) is 47.7 Å². The van der Waals surface area contributed by atoms with Crippen LogP contribution in [-0.2, 0) is 10.0 Å². The number of carbonyl (C=O) groups is 1. The maximum atomic E-state index is 13.2. The van der Waals surface area contributed by atoms with Gasteiger partial charge in [-0.25, -0.2) is 8.42 Å². The van der Waals surface area contributed by atoms with Gasteiger partial charge in [-0.2, -0.15) is 4.31 Å². The van der Waals surface area contributed by atoms with E-state index in [1.54, 1.807) is 44.4 Å². The zero-order valence-electron chi connectivity index (χ0n) is 18.3. The van der Waals surface area contributed by atoms with Crippen molar-refractivity contribution >= 4 is 32.6 Å². The molecule has 1 amide bonds. The third kappa shape index (κ3) is 4.05. The minimum Gasteiger partial charge on any atom is -0.497 e. The third-order valence-electron chi connectivity index (χ3n) is 5.65. The van der Waals surface area contributed by atoms with E-state index < -0.39 is 15.9 Å². The molecule has 0 atom stereocenters. The lowest BCUT2D eigenvalue weighted by Crippen LogP contribution is -2.35. The Balaban J connectivity index is 1.68. The van der Waals surface area contributed by atoms with Crippen LogP contribution in [0.3, 0.4) is 0 Å². The molecule has 3 aromatic rings. The van der Waals surface area contributed by atoms with Crippen LogP contribution in [-0.4, -0.2) is 45.9 Å². The van der Waals surface area contributed by atoms with E-state index in [1.165, 1.54) is 17.5 Å². The van der Waals surface area contributed by atoms with Crippen LogP contribution in [0, 0.1) is 6.92 Å². The van der Waals surface area contributed by atoms with Crippen LogP contribution in [0.4, 0.5) is 5.69 Å². The molecule has 1 aliphatic heterocycles. The summed E-state index contributed by atoms with van der Waals surface area (Å²) in [6.45, 7) is 2.66. The summed E-state index contributed by atoms with van der Waals surface area (Å²) < 4.78 is 44.2. The molecule has 1 saturated heterocycles.